The summed E-state index contributed by atoms with van der Waals surface area (Å²) in [5.74, 6) is -2.89. The van der Waals surface area contributed by atoms with Crippen molar-refractivity contribution in [2.45, 2.75) is 199 Å². The summed E-state index contributed by atoms with van der Waals surface area (Å²) in [6.45, 7) is 21.2. The van der Waals surface area contributed by atoms with Crippen molar-refractivity contribution in [1.29, 1.82) is 0 Å². The number of aliphatic hydroxyl groups is 5. The van der Waals surface area contributed by atoms with E-state index in [1.807, 2.05) is 34.7 Å². The molecule has 0 saturated carbocycles. The number of nitrogens with zero attached hydrogens (tertiary/aromatic N) is 1. The lowest BCUT2D eigenvalue weighted by atomic mass is 9.78. The maximum atomic E-state index is 14.2. The molecule has 0 amide bonds. The molecule has 14 nitrogen and oxygen atoms in total. The molecule has 3 saturated heterocycles. The summed E-state index contributed by atoms with van der Waals surface area (Å²) in [6, 6.07) is -0.128. The molecule has 4 heterocycles. The number of hydrogen-bond acceptors (Lipinski definition) is 14. The highest BCUT2D eigenvalue weighted by molar-refractivity contribution is 5.73. The number of esters is 1. The Balaban J connectivity index is 1.86. The molecule has 18 unspecified atom stereocenters. The van der Waals surface area contributed by atoms with Crippen LogP contribution in [-0.4, -0.2) is 147 Å². The van der Waals surface area contributed by atoms with Crippen molar-refractivity contribution >= 4 is 5.97 Å². The lowest BCUT2D eigenvalue weighted by Gasteiger charge is -2.49. The third-order valence-electron chi connectivity index (χ3n) is 12.6. The normalized spacial score (nSPS) is 48.1. The summed E-state index contributed by atoms with van der Waals surface area (Å²) < 4.78 is 44.6. The molecule has 0 aromatic rings. The standard InChI is InChI=1S/C39H69NO13/c1-18(2)40(13)26-15-20(4)48-36(28(26)42)52-33-22(6)30(50-27-17-37(10,47-14)32(44)25(9)49-27)23(7)35(45)51-34(24(8)41)39(12,46)31(43)21(5)29-19(3)16-38(33,11)53-29/h18,20-28,30-34,36,41-44,46H,15-17H2,1-14H3. The highest BCUT2D eigenvalue weighted by atomic mass is 16.7. The molecule has 0 spiro atoms. The summed E-state index contributed by atoms with van der Waals surface area (Å²) in [6.07, 6.45) is -10.2. The predicted octanol–water partition coefficient (Wildman–Crippen LogP) is 2.64. The van der Waals surface area contributed by atoms with Crippen LogP contribution in [0.1, 0.15) is 102 Å². The van der Waals surface area contributed by atoms with Crippen LogP contribution in [0.5, 0.6) is 0 Å². The third kappa shape index (κ3) is 8.78. The first-order valence-electron chi connectivity index (χ1n) is 19.3. The number of cyclic esters (lactones) is 1. The van der Waals surface area contributed by atoms with Gasteiger partial charge in [0, 0.05) is 43.9 Å². The Labute approximate surface area is 316 Å². The minimum Gasteiger partial charge on any atom is -0.489 e. The number of carbonyl (C=O) groups excluding carboxylic acids is 1. The molecular weight excluding hydrogens is 690 g/mol. The van der Waals surface area contributed by atoms with E-state index in [4.69, 9.17) is 33.2 Å². The van der Waals surface area contributed by atoms with Gasteiger partial charge in [-0.1, -0.05) is 13.8 Å². The lowest BCUT2D eigenvalue weighted by molar-refractivity contribution is -0.317. The number of hydrogen-bond donors (Lipinski definition) is 5. The van der Waals surface area contributed by atoms with E-state index in [1.165, 1.54) is 21.0 Å². The first-order valence-corrected chi connectivity index (χ1v) is 19.3. The average Bonchev–Trinajstić information content (AvgIpc) is 3.40. The quantitative estimate of drug-likeness (QED) is 0.228. The molecule has 308 valence electrons. The molecule has 4 aliphatic heterocycles. The molecule has 18 atom stereocenters. The van der Waals surface area contributed by atoms with Crippen LogP contribution in [0.3, 0.4) is 0 Å². The Hall–Kier alpha value is -1.43. The number of aliphatic hydroxyl groups excluding tert-OH is 4. The third-order valence-corrected chi connectivity index (χ3v) is 12.6. The van der Waals surface area contributed by atoms with Crippen LogP contribution in [-0.2, 0) is 38.0 Å². The second kappa shape index (κ2) is 16.6. The predicted molar refractivity (Wildman–Crippen MR) is 194 cm³/mol. The molecule has 4 rings (SSSR count). The zero-order valence-corrected chi connectivity index (χ0v) is 34.3. The molecule has 5 N–H and O–H groups in total. The van der Waals surface area contributed by atoms with E-state index in [0.29, 0.717) is 18.6 Å². The topological polar surface area (TPSA) is 186 Å². The van der Waals surface area contributed by atoms with E-state index in [0.717, 1.165) is 5.57 Å². The molecule has 53 heavy (non-hydrogen) atoms. The Morgan fingerprint density at radius 1 is 0.943 bits per heavy atom. The van der Waals surface area contributed by atoms with Crippen molar-refractivity contribution in [2.75, 3.05) is 14.2 Å². The van der Waals surface area contributed by atoms with Crippen molar-refractivity contribution in [3.05, 3.63) is 11.3 Å². The smallest absolute Gasteiger partial charge is 0.311 e. The van der Waals surface area contributed by atoms with Crippen molar-refractivity contribution in [2.24, 2.45) is 17.8 Å². The van der Waals surface area contributed by atoms with Crippen molar-refractivity contribution in [3.8, 4) is 0 Å². The number of fused-ring (bicyclic) bond motifs is 2. The van der Waals surface area contributed by atoms with Crippen LogP contribution < -0.4 is 0 Å². The zero-order chi connectivity index (χ0) is 40.1. The summed E-state index contributed by atoms with van der Waals surface area (Å²) >= 11 is 0. The summed E-state index contributed by atoms with van der Waals surface area (Å²) in [5, 5.41) is 57.1. The maximum Gasteiger partial charge on any atom is 0.311 e. The number of methoxy groups -OCH3 is 1. The largest absolute Gasteiger partial charge is 0.489 e. The van der Waals surface area contributed by atoms with Gasteiger partial charge in [-0.2, -0.15) is 0 Å². The lowest BCUT2D eigenvalue weighted by Crippen LogP contribution is -2.61. The zero-order valence-electron chi connectivity index (χ0n) is 34.3. The second-order valence-electron chi connectivity index (χ2n) is 17.4. The highest BCUT2D eigenvalue weighted by Crippen LogP contribution is 2.47. The van der Waals surface area contributed by atoms with Crippen molar-refractivity contribution in [1.82, 2.24) is 4.90 Å². The van der Waals surface area contributed by atoms with Gasteiger partial charge >= 0.3 is 5.97 Å². The highest BCUT2D eigenvalue weighted by Gasteiger charge is 2.57. The molecule has 2 bridgehead atoms. The summed E-state index contributed by atoms with van der Waals surface area (Å²) in [7, 11) is 3.47. The molecule has 14 heteroatoms. The molecule has 0 aromatic carbocycles. The van der Waals surface area contributed by atoms with E-state index in [1.54, 1.807) is 27.7 Å². The minimum absolute atomic E-state index is 0.129. The Bertz CT molecular complexity index is 1290. The van der Waals surface area contributed by atoms with Crippen LogP contribution in [0.25, 0.3) is 0 Å². The Morgan fingerprint density at radius 3 is 2.13 bits per heavy atom. The SMILES string of the molecule is COC1(C)CC(OC2C(C)C(=O)OC(C(C)O)C(C)(O)C(O)C(C)C3=C(C)CC(C)(O3)C(OC3OC(C)CC(N(C)C(C)C)C3O)C2C)OC(C)C1O. The van der Waals surface area contributed by atoms with Crippen molar-refractivity contribution < 1.29 is 63.5 Å². The summed E-state index contributed by atoms with van der Waals surface area (Å²) in [4.78, 5) is 16.3. The Morgan fingerprint density at radius 2 is 1.57 bits per heavy atom. The van der Waals surface area contributed by atoms with Gasteiger partial charge < -0.3 is 58.7 Å². The molecular formula is C39H69NO13. The van der Waals surface area contributed by atoms with Crippen LogP contribution >= 0.6 is 0 Å². The van der Waals surface area contributed by atoms with Crippen LogP contribution in [0.4, 0.5) is 0 Å². The van der Waals surface area contributed by atoms with E-state index >= 15 is 0 Å². The monoisotopic (exact) mass is 759 g/mol. The van der Waals surface area contributed by atoms with Gasteiger partial charge in [0.25, 0.3) is 0 Å². The Kier molecular flexibility index (Phi) is 13.9. The van der Waals surface area contributed by atoms with Gasteiger partial charge in [-0.3, -0.25) is 9.69 Å². The molecule has 3 fully saturated rings. The number of ether oxygens (including phenoxy) is 7. The van der Waals surface area contributed by atoms with Gasteiger partial charge in [-0.05, 0) is 88.3 Å². The van der Waals surface area contributed by atoms with Gasteiger partial charge in [0.2, 0.25) is 0 Å². The van der Waals surface area contributed by atoms with Gasteiger partial charge in [0.1, 0.15) is 35.3 Å². The van der Waals surface area contributed by atoms with E-state index in [9.17, 15) is 30.3 Å². The van der Waals surface area contributed by atoms with Gasteiger partial charge in [-0.15, -0.1) is 0 Å². The van der Waals surface area contributed by atoms with Crippen LogP contribution in [0.15, 0.2) is 11.3 Å². The fraction of sp³-hybridized carbons (Fsp3) is 0.923. The molecule has 0 aliphatic carbocycles. The maximum absolute atomic E-state index is 14.2. The fourth-order valence-electron chi connectivity index (χ4n) is 9.05. The van der Waals surface area contributed by atoms with Gasteiger partial charge in [-0.25, -0.2) is 0 Å². The van der Waals surface area contributed by atoms with Crippen molar-refractivity contribution in [3.63, 3.8) is 0 Å². The molecule has 0 aromatic heterocycles. The molecule has 0 radical (unpaired) electrons. The van der Waals surface area contributed by atoms with E-state index in [-0.39, 0.29) is 24.6 Å². The molecule has 4 aliphatic rings. The first kappa shape index (κ1) is 44.3. The van der Waals surface area contributed by atoms with Gasteiger partial charge in [0.15, 0.2) is 18.7 Å². The number of rotatable bonds is 8. The number of carbonyl (C=O) groups is 1. The van der Waals surface area contributed by atoms with Gasteiger partial charge in [0.05, 0.1) is 42.0 Å². The van der Waals surface area contributed by atoms with Crippen LogP contribution in [0, 0.1) is 17.8 Å². The minimum atomic E-state index is -2.10. The fourth-order valence-corrected chi connectivity index (χ4v) is 9.05. The van der Waals surface area contributed by atoms with Crippen LogP contribution in [0.2, 0.25) is 0 Å². The second-order valence-corrected chi connectivity index (χ2v) is 17.4. The first-order chi connectivity index (χ1) is 24.4. The van der Waals surface area contributed by atoms with E-state index in [2.05, 4.69) is 18.7 Å². The van der Waals surface area contributed by atoms with E-state index < -0.39 is 102 Å². The summed E-state index contributed by atoms with van der Waals surface area (Å²) in [5.41, 5.74) is -3.45. The number of likely N-dealkylation sites (N-methyl/N-ethyl adjacent to an activating group) is 1. The average molecular weight is 760 g/mol.